The van der Waals surface area contributed by atoms with Crippen LogP contribution in [0.1, 0.15) is 26.2 Å². The predicted octanol–water partition coefficient (Wildman–Crippen LogP) is -6.28. The lowest BCUT2D eigenvalue weighted by Crippen LogP contribution is -2.70. The van der Waals surface area contributed by atoms with Crippen molar-refractivity contribution in [3.05, 3.63) is 0 Å². The van der Waals surface area contributed by atoms with Crippen LogP contribution in [0.15, 0.2) is 0 Å². The van der Waals surface area contributed by atoms with E-state index >= 15 is 0 Å². The summed E-state index contributed by atoms with van der Waals surface area (Å²) in [7, 11) is -34.9. The van der Waals surface area contributed by atoms with Gasteiger partial charge in [-0.15, -0.1) is 0 Å². The third kappa shape index (κ3) is 32.8. The normalized spacial score (nSPS) is 33.2. The van der Waals surface area contributed by atoms with Crippen molar-refractivity contribution in [2.24, 2.45) is 0 Å². The van der Waals surface area contributed by atoms with E-state index in [0.29, 0.717) is 26.4 Å². The van der Waals surface area contributed by atoms with E-state index in [2.05, 4.69) is 20.9 Å². The minimum atomic E-state index is -6.24. The van der Waals surface area contributed by atoms with E-state index in [-0.39, 0.29) is 70.0 Å². The smallest absolute Gasteiger partial charge is 0.397 e. The summed E-state index contributed by atoms with van der Waals surface area (Å²) in [6.45, 7) is -2.87. The molecule has 0 spiro atoms. The molecule has 5 heterocycles. The van der Waals surface area contributed by atoms with Gasteiger partial charge in [-0.3, -0.25) is 41.5 Å². The van der Waals surface area contributed by atoms with Crippen molar-refractivity contribution in [1.82, 2.24) is 0 Å². The number of hydrogen-bond acceptors (Lipinski definition) is 46. The fourth-order valence-corrected chi connectivity index (χ4v) is 15.2. The van der Waals surface area contributed by atoms with Gasteiger partial charge in [0.05, 0.1) is 59.5 Å². The number of thioether (sulfide) groups is 1. The number of aliphatic carboxylic acids is 2. The fourth-order valence-electron chi connectivity index (χ4n) is 11.7. The van der Waals surface area contributed by atoms with E-state index < -0.39 is 258 Å². The Hall–Kier alpha value is -3.08. The molecule has 9 N–H and O–H groups in total. The maximum atomic E-state index is 13.5. The van der Waals surface area contributed by atoms with E-state index in [0.717, 1.165) is 47.3 Å². The van der Waals surface area contributed by atoms with E-state index in [4.69, 9.17) is 103 Å². The van der Waals surface area contributed by atoms with Gasteiger partial charge in [-0.2, -0.15) is 58.9 Å². The van der Waals surface area contributed by atoms with Crippen molar-refractivity contribution >= 4 is 107 Å². The van der Waals surface area contributed by atoms with Crippen molar-refractivity contribution in [3.63, 3.8) is 0 Å². The van der Waals surface area contributed by atoms with E-state index in [1.807, 2.05) is 0 Å². The highest BCUT2D eigenvalue weighted by atomic mass is 32.3. The predicted molar refractivity (Wildman–Crippen MR) is 352 cm³/mol. The summed E-state index contributed by atoms with van der Waals surface area (Å²) in [4.78, 5) is 50.0. The lowest BCUT2D eigenvalue weighted by Gasteiger charge is -2.51. The van der Waals surface area contributed by atoms with Crippen LogP contribution in [0.25, 0.3) is 0 Å². The highest BCUT2D eigenvalue weighted by molar-refractivity contribution is 8.13. The number of rotatable bonds is 51. The number of hydrogen-bond donors (Lipinski definition) is 9. The Morgan fingerprint density at radius 2 is 0.628 bits per heavy atom. The average molecular weight is 1820 g/mol. The van der Waals surface area contributed by atoms with Gasteiger partial charge in [-0.25, -0.2) is 38.9 Å². The number of carbonyl (C=O) groups excluding carboxylic acids is 2. The van der Waals surface area contributed by atoms with Gasteiger partial charge in [-0.05, 0) is 6.42 Å². The Morgan fingerprint density at radius 3 is 0.965 bits per heavy atom. The van der Waals surface area contributed by atoms with Gasteiger partial charge in [0.2, 0.25) is 0 Å². The molecule has 2 unspecified atom stereocenters. The third-order valence-electron chi connectivity index (χ3n) is 16.1. The Bertz CT molecular complexity index is 3860. The molecule has 0 bridgehead atoms. The summed E-state index contributed by atoms with van der Waals surface area (Å²) >= 11 is 1.06. The number of Topliss-reactive ketones (excluding diaryl/α,β-unsaturated/α-hetero) is 1. The maximum Gasteiger partial charge on any atom is 0.397 e. The second kappa shape index (κ2) is 45.0. The number of carboxylic acids is 2. The zero-order valence-corrected chi connectivity index (χ0v) is 66.5. The number of carbonyl (C=O) groups is 4. The third-order valence-corrected chi connectivity index (χ3v) is 20.0. The van der Waals surface area contributed by atoms with E-state index in [1.54, 1.807) is 0 Å². The summed E-state index contributed by atoms with van der Waals surface area (Å²) in [5, 5.41) is 21.6. The molecule has 662 valence electrons. The van der Waals surface area contributed by atoms with E-state index in [1.165, 1.54) is 6.92 Å². The molecule has 0 aliphatic carbocycles. The highest BCUT2D eigenvalue weighted by Crippen LogP contribution is 2.41. The first-order valence-electron chi connectivity index (χ1n) is 32.0. The Labute approximate surface area is 649 Å². The Balaban J connectivity index is 1.48. The topological polar surface area (TPSA) is 739 Å². The molecular weight excluding hydrogens is 1730 g/mol. The largest absolute Gasteiger partial charge is 0.479 e. The van der Waals surface area contributed by atoms with Crippen LogP contribution in [-0.2, 0) is 216 Å². The van der Waals surface area contributed by atoms with Crippen LogP contribution in [0.3, 0.4) is 0 Å². The van der Waals surface area contributed by atoms with Gasteiger partial charge in [0.1, 0.15) is 103 Å². The fraction of sp³-hybridized carbons (Fsp3) is 0.922. The lowest BCUT2D eigenvalue weighted by molar-refractivity contribution is -0.388. The molecule has 5 aliphatic heterocycles. The van der Waals surface area contributed by atoms with Gasteiger partial charge < -0.3 is 105 Å². The summed E-state index contributed by atoms with van der Waals surface area (Å²) in [5.74, 6) is -3.94. The zero-order valence-electron chi connectivity index (χ0n) is 60.0. The standard InChI is InChI=1S/C51H86O54S8/c1-23(52)106-19-11-24(53)10-9-12-86-13-14-87-15-16-88-17-18-89-28-25(20-90-107(58,59)60)94-48(40(82-5)31(28)79-2)98-34-32(80-3)41(83-6)50(100-38(34)45(54)55)97-30-27(22-92-109(64,65)66)95-51(44(105-113(76,77)78)37(30)103-111(70,71)72)99-35-33(81-4)42(84-7)49(101-39(35)46(56)57)96-29-26(21-91-108(61,62)63)93-47(85-8)43(104-112(73,74)75)36(29)102-110(67,68)69/h25-44,47-51H,9-22H2,1-8H3,(H,54,55)(H,56,57)(H,58,59,60)(H,61,62,63)(H,64,65,66)(H,67,68,69)(H,70,71,72)(H,73,74,75)(H,76,77,78)/t25-,26-,27-,28-,29?,30?,31+,32+,33+,34+,35+,36+,37+,38+,39-,40-,41-,42-,43-,44-,47+,48-,49-,50-,51-/m1/s1. The first-order chi connectivity index (χ1) is 52.5. The molecule has 5 fully saturated rings. The first-order valence-corrected chi connectivity index (χ1v) is 42.6. The number of carboxylic acid groups (broad SMARTS) is 2. The molecule has 5 rings (SSSR count). The van der Waals surface area contributed by atoms with Gasteiger partial charge in [0, 0.05) is 81.9 Å². The monoisotopic (exact) mass is 1820 g/mol. The van der Waals surface area contributed by atoms with Gasteiger partial charge in [0.15, 0.2) is 61.0 Å². The molecule has 0 aromatic carbocycles. The molecule has 113 heavy (non-hydrogen) atoms. The van der Waals surface area contributed by atoms with Crippen molar-refractivity contribution in [1.29, 1.82) is 0 Å². The zero-order chi connectivity index (χ0) is 84.9. The van der Waals surface area contributed by atoms with Crippen LogP contribution < -0.4 is 0 Å². The molecule has 5 saturated heterocycles. The van der Waals surface area contributed by atoms with Crippen molar-refractivity contribution in [2.45, 2.75) is 180 Å². The minimum absolute atomic E-state index is 0.00133. The number of ketones is 1. The van der Waals surface area contributed by atoms with Gasteiger partial charge in [0.25, 0.3) is 0 Å². The lowest BCUT2D eigenvalue weighted by atomic mass is 9.94. The van der Waals surface area contributed by atoms with Crippen LogP contribution in [0, 0.1) is 0 Å². The molecule has 25 atom stereocenters. The molecular formula is C51H86O54S8. The quantitative estimate of drug-likeness (QED) is 0.0202. The molecule has 0 aromatic rings. The highest BCUT2D eigenvalue weighted by Gasteiger charge is 2.63. The van der Waals surface area contributed by atoms with Crippen molar-refractivity contribution in [2.75, 3.05) is 122 Å². The number of methoxy groups -OCH3 is 7. The van der Waals surface area contributed by atoms with Crippen LogP contribution >= 0.6 is 11.8 Å². The second-order valence-electron chi connectivity index (χ2n) is 23.5. The van der Waals surface area contributed by atoms with Gasteiger partial charge >= 0.3 is 84.7 Å². The van der Waals surface area contributed by atoms with Crippen LogP contribution in [0.2, 0.25) is 0 Å². The van der Waals surface area contributed by atoms with Crippen molar-refractivity contribution < 1.29 is 244 Å². The minimum Gasteiger partial charge on any atom is -0.479 e. The first kappa shape index (κ1) is 100. The molecule has 5 aliphatic rings. The average Bonchev–Trinajstić information content (AvgIpc) is 0.766. The summed E-state index contributed by atoms with van der Waals surface area (Å²) in [6, 6.07) is 0. The van der Waals surface area contributed by atoms with E-state index in [9.17, 15) is 120 Å². The van der Waals surface area contributed by atoms with Crippen LogP contribution in [0.5, 0.6) is 0 Å². The molecule has 54 nitrogen and oxygen atoms in total. The second-order valence-corrected chi connectivity index (χ2v) is 32.2. The molecule has 0 amide bonds. The molecule has 62 heteroatoms. The SMILES string of the molecule is CO[C@H]1O[C@H](COS(=O)(=O)O)C(O[C@@H]2O[C@@H](C(=O)O)[C@@H](O[C@H]3O[C@H](COS(=O)(=O)O)C(O[C@@H]4O[C@H](C(=O)O)[C@@H](O[C@H]5O[C@H](COS(=O)(=O)O)[C@@H](OCCOCCOCCOCCCC(=O)CCSC(C)=O)[C@H](OC)[C@H]5OC)[C@H](OC)[C@H]4OC)[C@H](OS(=O)(=O)O)[C@H]3OS(=O)(=O)O)[C@H](OC)[C@H]2OC)[C@H](OS(=O)(=O)O)[C@H]1OS(=O)(=O)O. The summed E-state index contributed by atoms with van der Waals surface area (Å²) < 4.78 is 388. The number of ether oxygens (including phenoxy) is 20. The Morgan fingerprint density at radius 1 is 0.327 bits per heavy atom. The summed E-state index contributed by atoms with van der Waals surface area (Å²) in [6.07, 6.45) is -59.1. The van der Waals surface area contributed by atoms with Gasteiger partial charge in [-0.1, -0.05) is 11.8 Å². The van der Waals surface area contributed by atoms with Crippen LogP contribution in [0.4, 0.5) is 0 Å². The van der Waals surface area contributed by atoms with Crippen molar-refractivity contribution in [3.8, 4) is 0 Å². The maximum absolute atomic E-state index is 13.5. The summed E-state index contributed by atoms with van der Waals surface area (Å²) in [5.41, 5.74) is 0. The Kier molecular flexibility index (Phi) is 40.0. The molecule has 0 radical (unpaired) electrons. The molecule has 0 aromatic heterocycles. The van der Waals surface area contributed by atoms with Crippen LogP contribution in [-0.4, -0.2) is 399 Å². The molecule has 0 saturated carbocycles.